The molecule has 2 aromatic heterocycles. The molecule has 2 fully saturated rings. The van der Waals surface area contributed by atoms with E-state index < -0.39 is 0 Å². The Hall–Kier alpha value is -2.35. The van der Waals surface area contributed by atoms with Gasteiger partial charge in [0.25, 0.3) is 0 Å². The maximum atomic E-state index is 9.80. The molecule has 2 aliphatic carbocycles. The second kappa shape index (κ2) is 10.8. The van der Waals surface area contributed by atoms with Gasteiger partial charge in [0.15, 0.2) is 0 Å². The lowest BCUT2D eigenvalue weighted by Crippen LogP contribution is -2.29. The molecular formula is C23H37N7O. The Bertz CT molecular complexity index is 808. The summed E-state index contributed by atoms with van der Waals surface area (Å²) in [4.78, 5) is 14.0. The lowest BCUT2D eigenvalue weighted by Gasteiger charge is -2.26. The zero-order valence-corrected chi connectivity index (χ0v) is 18.7. The minimum absolute atomic E-state index is 0.170. The molecule has 2 heterocycles. The number of hydrogen-bond acceptors (Lipinski definition) is 7. The summed E-state index contributed by atoms with van der Waals surface area (Å²) in [7, 11) is 0. The third-order valence-electron chi connectivity index (χ3n) is 6.55. The summed E-state index contributed by atoms with van der Waals surface area (Å²) in [5.74, 6) is 1.85. The minimum atomic E-state index is -0.170. The maximum absolute atomic E-state index is 9.80. The summed E-state index contributed by atoms with van der Waals surface area (Å²) in [6.45, 7) is 3.75. The topological polar surface area (TPSA) is 99.9 Å². The quantitative estimate of drug-likeness (QED) is 0.470. The molecule has 0 aliphatic heterocycles. The SMILES string of the molecule is CCn1cccc1CNc1nc(NC2CCCCCC2)nc(NC2CCC(O)CC2)n1. The summed E-state index contributed by atoms with van der Waals surface area (Å²) in [5, 5.41) is 20.3. The Labute approximate surface area is 185 Å². The van der Waals surface area contributed by atoms with Crippen LogP contribution in [0, 0.1) is 0 Å². The van der Waals surface area contributed by atoms with E-state index in [0.717, 1.165) is 32.2 Å². The van der Waals surface area contributed by atoms with Gasteiger partial charge in [0.2, 0.25) is 17.8 Å². The largest absolute Gasteiger partial charge is 0.393 e. The molecule has 4 rings (SSSR count). The van der Waals surface area contributed by atoms with E-state index >= 15 is 0 Å². The van der Waals surface area contributed by atoms with Crippen molar-refractivity contribution in [3.8, 4) is 0 Å². The van der Waals surface area contributed by atoms with Crippen molar-refractivity contribution in [2.24, 2.45) is 0 Å². The number of hydrogen-bond donors (Lipinski definition) is 4. The smallest absolute Gasteiger partial charge is 0.229 e. The number of aliphatic hydroxyl groups is 1. The molecule has 2 saturated carbocycles. The van der Waals surface area contributed by atoms with Gasteiger partial charge in [-0.3, -0.25) is 0 Å². The molecule has 8 heteroatoms. The lowest BCUT2D eigenvalue weighted by molar-refractivity contribution is 0.126. The fourth-order valence-corrected chi connectivity index (χ4v) is 4.68. The molecule has 0 spiro atoms. The number of anilines is 3. The Morgan fingerprint density at radius 3 is 2.13 bits per heavy atom. The minimum Gasteiger partial charge on any atom is -0.393 e. The Morgan fingerprint density at radius 2 is 1.48 bits per heavy atom. The van der Waals surface area contributed by atoms with E-state index in [1.807, 2.05) is 0 Å². The lowest BCUT2D eigenvalue weighted by atomic mass is 9.93. The molecule has 170 valence electrons. The van der Waals surface area contributed by atoms with E-state index in [1.54, 1.807) is 0 Å². The van der Waals surface area contributed by atoms with Crippen LogP contribution in [-0.4, -0.2) is 42.8 Å². The predicted molar refractivity (Wildman–Crippen MR) is 124 cm³/mol. The van der Waals surface area contributed by atoms with Gasteiger partial charge in [-0.15, -0.1) is 0 Å². The van der Waals surface area contributed by atoms with E-state index in [9.17, 15) is 5.11 Å². The average molecular weight is 428 g/mol. The second-order valence-corrected chi connectivity index (χ2v) is 8.93. The van der Waals surface area contributed by atoms with Gasteiger partial charge in [-0.05, 0) is 57.6 Å². The van der Waals surface area contributed by atoms with Crippen molar-refractivity contribution in [1.29, 1.82) is 0 Å². The molecule has 0 saturated heterocycles. The van der Waals surface area contributed by atoms with Crippen LogP contribution in [0.4, 0.5) is 17.8 Å². The third kappa shape index (κ3) is 6.32. The van der Waals surface area contributed by atoms with E-state index in [1.165, 1.54) is 44.2 Å². The molecule has 0 aromatic carbocycles. The molecular weight excluding hydrogens is 390 g/mol. The molecule has 0 bridgehead atoms. The molecule has 0 unspecified atom stereocenters. The molecule has 31 heavy (non-hydrogen) atoms. The maximum Gasteiger partial charge on any atom is 0.229 e. The molecule has 2 aromatic rings. The zero-order valence-electron chi connectivity index (χ0n) is 18.7. The predicted octanol–water partition coefficient (Wildman–Crippen LogP) is 4.16. The number of nitrogens with one attached hydrogen (secondary N) is 3. The summed E-state index contributed by atoms with van der Waals surface area (Å²) < 4.78 is 2.21. The van der Waals surface area contributed by atoms with Crippen LogP contribution in [0.5, 0.6) is 0 Å². The van der Waals surface area contributed by atoms with Crippen LogP contribution in [-0.2, 0) is 13.1 Å². The molecule has 0 atom stereocenters. The molecule has 4 N–H and O–H groups in total. The van der Waals surface area contributed by atoms with Gasteiger partial charge in [-0.2, -0.15) is 15.0 Å². The van der Waals surface area contributed by atoms with Crippen LogP contribution in [0.3, 0.4) is 0 Å². The van der Waals surface area contributed by atoms with Crippen LogP contribution < -0.4 is 16.0 Å². The highest BCUT2D eigenvalue weighted by atomic mass is 16.3. The highest BCUT2D eigenvalue weighted by Gasteiger charge is 2.21. The zero-order chi connectivity index (χ0) is 21.5. The van der Waals surface area contributed by atoms with Gasteiger partial charge in [0.1, 0.15) is 0 Å². The third-order valence-corrected chi connectivity index (χ3v) is 6.55. The van der Waals surface area contributed by atoms with Gasteiger partial charge < -0.3 is 25.6 Å². The van der Waals surface area contributed by atoms with Crippen LogP contribution in [0.1, 0.15) is 76.8 Å². The first-order chi connectivity index (χ1) is 15.2. The highest BCUT2D eigenvalue weighted by molar-refractivity contribution is 5.43. The van der Waals surface area contributed by atoms with Crippen molar-refractivity contribution >= 4 is 17.8 Å². The number of aromatic nitrogens is 4. The monoisotopic (exact) mass is 427 g/mol. The molecule has 8 nitrogen and oxygen atoms in total. The van der Waals surface area contributed by atoms with Gasteiger partial charge in [-0.25, -0.2) is 0 Å². The summed E-state index contributed by atoms with van der Waals surface area (Å²) >= 11 is 0. The number of nitrogens with zero attached hydrogens (tertiary/aromatic N) is 4. The fourth-order valence-electron chi connectivity index (χ4n) is 4.68. The molecule has 0 radical (unpaired) electrons. The van der Waals surface area contributed by atoms with E-state index in [0.29, 0.717) is 36.5 Å². The van der Waals surface area contributed by atoms with Crippen LogP contribution in [0.15, 0.2) is 18.3 Å². The second-order valence-electron chi connectivity index (χ2n) is 8.93. The number of aryl methyl sites for hydroxylation is 1. The summed E-state index contributed by atoms with van der Waals surface area (Å²) in [5.41, 5.74) is 1.21. The Morgan fingerprint density at radius 1 is 0.871 bits per heavy atom. The van der Waals surface area contributed by atoms with Crippen LogP contribution in [0.2, 0.25) is 0 Å². The Kier molecular flexibility index (Phi) is 7.61. The summed E-state index contributed by atoms with van der Waals surface area (Å²) in [6.07, 6.45) is 12.9. The van der Waals surface area contributed by atoms with Crippen molar-refractivity contribution < 1.29 is 5.11 Å². The van der Waals surface area contributed by atoms with Gasteiger partial charge in [-0.1, -0.05) is 25.7 Å². The van der Waals surface area contributed by atoms with Crippen molar-refractivity contribution in [3.63, 3.8) is 0 Å². The van der Waals surface area contributed by atoms with Crippen LogP contribution >= 0.6 is 0 Å². The van der Waals surface area contributed by atoms with E-state index in [4.69, 9.17) is 4.98 Å². The fraction of sp³-hybridized carbons (Fsp3) is 0.696. The van der Waals surface area contributed by atoms with Crippen molar-refractivity contribution in [2.75, 3.05) is 16.0 Å². The van der Waals surface area contributed by atoms with Crippen molar-refractivity contribution in [1.82, 2.24) is 19.5 Å². The van der Waals surface area contributed by atoms with E-state index in [2.05, 4.69) is 55.7 Å². The number of rotatable bonds is 8. The molecule has 2 aliphatic rings. The van der Waals surface area contributed by atoms with Gasteiger partial charge in [0, 0.05) is 30.5 Å². The van der Waals surface area contributed by atoms with Crippen molar-refractivity contribution in [2.45, 2.75) is 102 Å². The van der Waals surface area contributed by atoms with Crippen molar-refractivity contribution in [3.05, 3.63) is 24.0 Å². The van der Waals surface area contributed by atoms with Gasteiger partial charge in [0.05, 0.1) is 12.6 Å². The number of aliphatic hydroxyl groups excluding tert-OH is 1. The highest BCUT2D eigenvalue weighted by Crippen LogP contribution is 2.23. The standard InChI is InChI=1S/C23H37N7O/c1-2-30-15-7-10-19(30)16-24-21-27-22(25-17-8-5-3-4-6-9-17)29-23(28-21)26-18-11-13-20(31)14-12-18/h7,10,15,17-18,20,31H,2-6,8-9,11-14,16H2,1H3,(H3,24,25,26,27,28,29). The Balaban J connectivity index is 1.47. The summed E-state index contributed by atoms with van der Waals surface area (Å²) in [6, 6.07) is 4.90. The first-order valence-electron chi connectivity index (χ1n) is 12.0. The average Bonchev–Trinajstić information content (AvgIpc) is 3.08. The molecule has 0 amide bonds. The first-order valence-corrected chi connectivity index (χ1v) is 12.0. The van der Waals surface area contributed by atoms with Crippen LogP contribution in [0.25, 0.3) is 0 Å². The van der Waals surface area contributed by atoms with E-state index in [-0.39, 0.29) is 6.10 Å². The van der Waals surface area contributed by atoms with Gasteiger partial charge >= 0.3 is 0 Å². The normalized spacial score (nSPS) is 22.6. The first kappa shape index (κ1) is 21.9.